The second kappa shape index (κ2) is 4.41. The number of hydrogen-bond donors (Lipinski definition) is 0. The second-order valence-electron chi connectivity index (χ2n) is 3.95. The number of benzene rings is 1. The maximum absolute atomic E-state index is 12.3. The number of aromatic nitrogens is 1. The van der Waals surface area contributed by atoms with Crippen LogP contribution in [0.5, 0.6) is 0 Å². The van der Waals surface area contributed by atoms with Crippen molar-refractivity contribution in [1.29, 1.82) is 5.26 Å². The monoisotopic (exact) mass is 314 g/mol. The number of fused-ring (bicyclic) bond motifs is 1. The summed E-state index contributed by atoms with van der Waals surface area (Å²) in [6.07, 6.45) is 1.53. The van der Waals surface area contributed by atoms with Crippen LogP contribution in [-0.4, -0.2) is 10.5 Å². The van der Waals surface area contributed by atoms with Gasteiger partial charge in [0.15, 0.2) is 10.4 Å². The first-order valence-electron chi connectivity index (χ1n) is 5.51. The normalized spacial score (nSPS) is 10.5. The van der Waals surface area contributed by atoms with Crippen LogP contribution in [0.25, 0.3) is 10.9 Å². The van der Waals surface area contributed by atoms with Gasteiger partial charge in [0, 0.05) is 11.6 Å². The van der Waals surface area contributed by atoms with Gasteiger partial charge in [-0.1, -0.05) is 18.2 Å². The smallest absolute Gasteiger partial charge is 0.298 e. The molecule has 3 aromatic rings. The van der Waals surface area contributed by atoms with E-state index >= 15 is 0 Å². The third kappa shape index (κ3) is 1.86. The van der Waals surface area contributed by atoms with Crippen LogP contribution in [0.3, 0.4) is 0 Å². The molecule has 3 rings (SSSR count). The van der Waals surface area contributed by atoms with E-state index in [1.165, 1.54) is 10.8 Å². The van der Waals surface area contributed by atoms with Crippen molar-refractivity contribution in [2.24, 2.45) is 0 Å². The predicted octanol–water partition coefficient (Wildman–Crippen LogP) is 3.56. The highest BCUT2D eigenvalue weighted by Gasteiger charge is 2.17. The van der Waals surface area contributed by atoms with Gasteiger partial charge in [0.05, 0.1) is 11.1 Å². The van der Waals surface area contributed by atoms with E-state index in [2.05, 4.69) is 22.0 Å². The van der Waals surface area contributed by atoms with Crippen molar-refractivity contribution in [2.45, 2.75) is 0 Å². The third-order valence-electron chi connectivity index (χ3n) is 2.84. The Kier molecular flexibility index (Phi) is 2.73. The fourth-order valence-corrected chi connectivity index (χ4v) is 2.29. The van der Waals surface area contributed by atoms with Crippen LogP contribution in [0.15, 0.2) is 51.7 Å². The molecule has 0 aliphatic rings. The van der Waals surface area contributed by atoms with E-state index in [0.29, 0.717) is 15.7 Å². The number of nitrogens with zero attached hydrogens (tertiary/aromatic N) is 2. The van der Waals surface area contributed by atoms with Crippen LogP contribution in [0.4, 0.5) is 0 Å². The standard InChI is InChI=1S/C14H7BrN2O2/c15-13-6-5-12(19-13)14(18)17-8-9(7-16)10-3-1-2-4-11(10)17/h1-6,8H. The first kappa shape index (κ1) is 11.8. The molecule has 19 heavy (non-hydrogen) atoms. The zero-order valence-electron chi connectivity index (χ0n) is 9.63. The molecule has 0 atom stereocenters. The van der Waals surface area contributed by atoms with Crippen LogP contribution in [0, 0.1) is 11.3 Å². The molecule has 0 radical (unpaired) electrons. The Labute approximate surface area is 117 Å². The highest BCUT2D eigenvalue weighted by molar-refractivity contribution is 9.10. The fraction of sp³-hybridized carbons (Fsp3) is 0. The molecular formula is C14H7BrN2O2. The van der Waals surface area contributed by atoms with Gasteiger partial charge < -0.3 is 4.42 Å². The topological polar surface area (TPSA) is 58.9 Å². The number of carbonyl (C=O) groups excluding carboxylic acids is 1. The van der Waals surface area contributed by atoms with E-state index in [4.69, 9.17) is 9.68 Å². The molecule has 92 valence electrons. The lowest BCUT2D eigenvalue weighted by Gasteiger charge is -2.00. The molecule has 5 heteroatoms. The Morgan fingerprint density at radius 2 is 2.05 bits per heavy atom. The van der Waals surface area contributed by atoms with Crippen molar-refractivity contribution in [2.75, 3.05) is 0 Å². The number of hydrogen-bond acceptors (Lipinski definition) is 3. The van der Waals surface area contributed by atoms with E-state index in [1.807, 2.05) is 18.2 Å². The summed E-state index contributed by atoms with van der Waals surface area (Å²) in [6.45, 7) is 0. The van der Waals surface area contributed by atoms with Gasteiger partial charge in [-0.15, -0.1) is 0 Å². The molecule has 0 spiro atoms. The first-order valence-corrected chi connectivity index (χ1v) is 6.30. The largest absolute Gasteiger partial charge is 0.444 e. The Hall–Kier alpha value is -2.32. The van der Waals surface area contributed by atoms with Gasteiger partial charge in [-0.3, -0.25) is 9.36 Å². The summed E-state index contributed by atoms with van der Waals surface area (Å²) in [5, 5.41) is 9.85. The van der Waals surface area contributed by atoms with Gasteiger partial charge in [-0.2, -0.15) is 5.26 Å². The zero-order valence-corrected chi connectivity index (χ0v) is 11.2. The Balaban J connectivity index is 2.21. The van der Waals surface area contributed by atoms with Crippen LogP contribution in [-0.2, 0) is 0 Å². The molecule has 0 bridgehead atoms. The number of rotatable bonds is 1. The lowest BCUT2D eigenvalue weighted by molar-refractivity contribution is 0.0936. The maximum Gasteiger partial charge on any atom is 0.298 e. The highest BCUT2D eigenvalue weighted by atomic mass is 79.9. The van der Waals surface area contributed by atoms with Crippen LogP contribution < -0.4 is 0 Å². The zero-order chi connectivity index (χ0) is 13.4. The molecule has 2 aromatic heterocycles. The quantitative estimate of drug-likeness (QED) is 0.690. The lowest BCUT2D eigenvalue weighted by atomic mass is 10.2. The fourth-order valence-electron chi connectivity index (χ4n) is 1.98. The minimum absolute atomic E-state index is 0.220. The summed E-state index contributed by atoms with van der Waals surface area (Å²) in [4.78, 5) is 12.3. The van der Waals surface area contributed by atoms with Gasteiger partial charge in [-0.25, -0.2) is 0 Å². The summed E-state index contributed by atoms with van der Waals surface area (Å²) >= 11 is 3.16. The molecule has 1 aromatic carbocycles. The molecule has 0 unspecified atom stereocenters. The molecule has 4 nitrogen and oxygen atoms in total. The van der Waals surface area contributed by atoms with Gasteiger partial charge >= 0.3 is 0 Å². The van der Waals surface area contributed by atoms with Crippen molar-refractivity contribution in [1.82, 2.24) is 4.57 Å². The van der Waals surface area contributed by atoms with Gasteiger partial charge in [-0.05, 0) is 34.1 Å². The average Bonchev–Trinajstić information content (AvgIpc) is 3.02. The summed E-state index contributed by atoms with van der Waals surface area (Å²) < 4.78 is 7.18. The summed E-state index contributed by atoms with van der Waals surface area (Å²) in [6, 6.07) is 12.6. The highest BCUT2D eigenvalue weighted by Crippen LogP contribution is 2.23. The summed E-state index contributed by atoms with van der Waals surface area (Å²) in [7, 11) is 0. The van der Waals surface area contributed by atoms with Gasteiger partial charge in [0.25, 0.3) is 5.91 Å². The number of furan rings is 1. The Bertz CT molecular complexity index is 823. The molecule has 0 aliphatic heterocycles. The van der Waals surface area contributed by atoms with Gasteiger partial charge in [0.2, 0.25) is 0 Å². The van der Waals surface area contributed by atoms with Crippen molar-refractivity contribution in [3.8, 4) is 6.07 Å². The molecular weight excluding hydrogens is 308 g/mol. The molecule has 2 heterocycles. The summed E-state index contributed by atoms with van der Waals surface area (Å²) in [5.74, 6) is -0.0829. The lowest BCUT2D eigenvalue weighted by Crippen LogP contribution is -2.09. The number of para-hydroxylation sites is 1. The number of nitriles is 1. The minimum atomic E-state index is -0.302. The van der Waals surface area contributed by atoms with E-state index in [-0.39, 0.29) is 11.7 Å². The Morgan fingerprint density at radius 3 is 2.74 bits per heavy atom. The van der Waals surface area contributed by atoms with Crippen LogP contribution >= 0.6 is 15.9 Å². The van der Waals surface area contributed by atoms with Crippen molar-refractivity contribution < 1.29 is 9.21 Å². The van der Waals surface area contributed by atoms with Crippen LogP contribution in [0.1, 0.15) is 16.1 Å². The SMILES string of the molecule is N#Cc1cn(C(=O)c2ccc(Br)o2)c2ccccc12. The molecule has 0 amide bonds. The predicted molar refractivity (Wildman–Crippen MR) is 72.8 cm³/mol. The molecule has 0 fully saturated rings. The van der Waals surface area contributed by atoms with E-state index in [9.17, 15) is 4.79 Å². The first-order chi connectivity index (χ1) is 9.20. The number of halogens is 1. The summed E-state index contributed by atoms with van der Waals surface area (Å²) in [5.41, 5.74) is 1.16. The third-order valence-corrected chi connectivity index (χ3v) is 3.26. The van der Waals surface area contributed by atoms with E-state index < -0.39 is 0 Å². The molecule has 0 saturated heterocycles. The van der Waals surface area contributed by atoms with Crippen molar-refractivity contribution in [3.63, 3.8) is 0 Å². The van der Waals surface area contributed by atoms with E-state index in [1.54, 1.807) is 18.2 Å². The average molecular weight is 315 g/mol. The van der Waals surface area contributed by atoms with Crippen LogP contribution in [0.2, 0.25) is 0 Å². The van der Waals surface area contributed by atoms with Gasteiger partial charge in [0.1, 0.15) is 6.07 Å². The molecule has 0 saturated carbocycles. The number of carbonyl (C=O) groups is 1. The maximum atomic E-state index is 12.3. The minimum Gasteiger partial charge on any atom is -0.444 e. The second-order valence-corrected chi connectivity index (χ2v) is 4.73. The van der Waals surface area contributed by atoms with E-state index in [0.717, 1.165) is 5.39 Å². The molecule has 0 aliphatic carbocycles. The van der Waals surface area contributed by atoms with Crippen molar-refractivity contribution in [3.05, 3.63) is 58.6 Å². The Morgan fingerprint density at radius 1 is 1.26 bits per heavy atom. The molecule has 0 N–H and O–H groups in total. The van der Waals surface area contributed by atoms with Crippen molar-refractivity contribution >= 4 is 32.7 Å².